The van der Waals surface area contributed by atoms with Crippen molar-refractivity contribution in [1.29, 1.82) is 0 Å². The summed E-state index contributed by atoms with van der Waals surface area (Å²) in [5.74, 6) is 0.0338. The van der Waals surface area contributed by atoms with Gasteiger partial charge in [0.15, 0.2) is 11.9 Å². The number of carbonyl (C=O) groups excluding carboxylic acids is 2. The summed E-state index contributed by atoms with van der Waals surface area (Å²) in [6.07, 6.45) is 6.78. The fraction of sp³-hybridized carbons (Fsp3) is 0.667. The van der Waals surface area contributed by atoms with Gasteiger partial charge in [0.05, 0.1) is 5.54 Å². The van der Waals surface area contributed by atoms with Crippen LogP contribution in [0, 0.1) is 5.41 Å². The molecule has 8 heteroatoms. The van der Waals surface area contributed by atoms with E-state index in [4.69, 9.17) is 0 Å². The van der Waals surface area contributed by atoms with Crippen LogP contribution in [-0.2, 0) is 21.5 Å². The normalized spacial score (nSPS) is 16.1. The molecular weight excluding hydrogens is 440 g/mol. The Balaban J connectivity index is 1.97. The van der Waals surface area contributed by atoms with Crippen LogP contribution in [0.5, 0.6) is 0 Å². The highest BCUT2D eigenvalue weighted by Crippen LogP contribution is 2.34. The van der Waals surface area contributed by atoms with Crippen molar-refractivity contribution >= 4 is 11.8 Å². The Kier molecular flexibility index (Phi) is 8.67. The van der Waals surface area contributed by atoms with Gasteiger partial charge in [-0.2, -0.15) is 0 Å². The van der Waals surface area contributed by atoms with Crippen molar-refractivity contribution in [3.8, 4) is 0 Å². The molecule has 1 fully saturated rings. The van der Waals surface area contributed by atoms with E-state index in [9.17, 15) is 9.59 Å². The van der Waals surface area contributed by atoms with Crippen molar-refractivity contribution in [2.75, 3.05) is 6.54 Å². The molecule has 0 aliphatic heterocycles. The zero-order valence-electron chi connectivity index (χ0n) is 22.3. The number of benzene rings is 1. The summed E-state index contributed by atoms with van der Waals surface area (Å²) >= 11 is 0. The number of tetrazole rings is 1. The van der Waals surface area contributed by atoms with Crippen LogP contribution in [0.3, 0.4) is 0 Å². The molecule has 3 rings (SSSR count). The van der Waals surface area contributed by atoms with E-state index in [1.165, 1.54) is 13.3 Å². The van der Waals surface area contributed by atoms with Gasteiger partial charge in [0.25, 0.3) is 5.91 Å². The minimum atomic E-state index is -0.896. The second-order valence-electron chi connectivity index (χ2n) is 11.7. The minimum Gasteiger partial charge on any atom is -0.351 e. The molecule has 0 bridgehead atoms. The number of aromatic nitrogens is 4. The molecule has 2 aromatic rings. The molecule has 1 N–H and O–H groups in total. The molecule has 1 aromatic heterocycles. The number of carbonyl (C=O) groups is 2. The molecule has 8 nitrogen and oxygen atoms in total. The Bertz CT molecular complexity index is 973. The lowest BCUT2D eigenvalue weighted by Crippen LogP contribution is -2.49. The lowest BCUT2D eigenvalue weighted by Gasteiger charge is -2.36. The fourth-order valence-electron chi connectivity index (χ4n) is 5.46. The van der Waals surface area contributed by atoms with Crippen LogP contribution < -0.4 is 5.32 Å². The highest BCUT2D eigenvalue weighted by Gasteiger charge is 2.39. The van der Waals surface area contributed by atoms with Gasteiger partial charge in [0.2, 0.25) is 5.91 Å². The van der Waals surface area contributed by atoms with Gasteiger partial charge >= 0.3 is 0 Å². The number of amides is 2. The van der Waals surface area contributed by atoms with Crippen LogP contribution in [0.25, 0.3) is 0 Å². The second-order valence-corrected chi connectivity index (χ2v) is 11.7. The third-order valence-electron chi connectivity index (χ3n) is 6.67. The van der Waals surface area contributed by atoms with Crippen LogP contribution in [0.15, 0.2) is 30.3 Å². The van der Waals surface area contributed by atoms with Crippen molar-refractivity contribution in [2.24, 2.45) is 5.41 Å². The van der Waals surface area contributed by atoms with E-state index in [0.717, 1.165) is 37.7 Å². The number of hydrogen-bond donors (Lipinski definition) is 1. The molecule has 2 amide bonds. The van der Waals surface area contributed by atoms with Crippen LogP contribution >= 0.6 is 0 Å². The smallest absolute Gasteiger partial charge is 0.251 e. The Morgan fingerprint density at radius 3 is 2.34 bits per heavy atom. The minimum absolute atomic E-state index is 0.0279. The van der Waals surface area contributed by atoms with Crippen molar-refractivity contribution < 1.29 is 9.59 Å². The Morgan fingerprint density at radius 1 is 1.09 bits per heavy atom. The zero-order chi connectivity index (χ0) is 25.6. The first-order chi connectivity index (χ1) is 16.5. The molecule has 192 valence electrons. The second kappa shape index (κ2) is 11.3. The Hall–Kier alpha value is -2.77. The summed E-state index contributed by atoms with van der Waals surface area (Å²) in [6, 6.07) is 9.23. The molecule has 0 spiro atoms. The third-order valence-corrected chi connectivity index (χ3v) is 6.67. The monoisotopic (exact) mass is 482 g/mol. The predicted octanol–water partition coefficient (Wildman–Crippen LogP) is 4.43. The van der Waals surface area contributed by atoms with Gasteiger partial charge in [-0.15, -0.1) is 5.10 Å². The molecular formula is C27H42N6O2. The van der Waals surface area contributed by atoms with Crippen molar-refractivity contribution in [3.63, 3.8) is 0 Å². The first kappa shape index (κ1) is 26.8. The van der Waals surface area contributed by atoms with Gasteiger partial charge in [-0.05, 0) is 60.9 Å². The molecule has 0 saturated heterocycles. The van der Waals surface area contributed by atoms with Crippen LogP contribution in [0.4, 0.5) is 0 Å². The lowest BCUT2D eigenvalue weighted by atomic mass is 9.81. The van der Waals surface area contributed by atoms with Crippen LogP contribution in [-0.4, -0.2) is 49.5 Å². The standard InChI is InChI=1S/C27H42N6O2/c1-20(34)32(18-17-21-13-9-7-10-14-21)23(25(35)28-22-15-11-8-12-16-22)24-29-30-31-33(24)27(5,6)19-26(2,3)4/h7,9-10,13-14,22-23H,8,11-12,15-19H2,1-6H3,(H,28,35). The maximum Gasteiger partial charge on any atom is 0.251 e. The Labute approximate surface area is 209 Å². The molecule has 1 aliphatic carbocycles. The summed E-state index contributed by atoms with van der Waals surface area (Å²) in [4.78, 5) is 28.4. The van der Waals surface area contributed by atoms with E-state index in [1.807, 2.05) is 30.3 Å². The van der Waals surface area contributed by atoms with Crippen LogP contribution in [0.1, 0.15) is 97.5 Å². The maximum atomic E-state index is 13.8. The van der Waals surface area contributed by atoms with Gasteiger partial charge in [-0.1, -0.05) is 70.4 Å². The van der Waals surface area contributed by atoms with Gasteiger partial charge in [0.1, 0.15) is 0 Å². The van der Waals surface area contributed by atoms with E-state index in [1.54, 1.807) is 9.58 Å². The van der Waals surface area contributed by atoms with E-state index in [-0.39, 0.29) is 23.3 Å². The molecule has 1 atom stereocenters. The summed E-state index contributed by atoms with van der Waals surface area (Å²) in [7, 11) is 0. The van der Waals surface area contributed by atoms with E-state index < -0.39 is 11.6 Å². The quantitative estimate of drug-likeness (QED) is 0.571. The van der Waals surface area contributed by atoms with Crippen molar-refractivity contribution in [3.05, 3.63) is 41.7 Å². The lowest BCUT2D eigenvalue weighted by molar-refractivity contribution is -0.140. The molecule has 1 aliphatic rings. The molecule has 1 heterocycles. The van der Waals surface area contributed by atoms with E-state index >= 15 is 0 Å². The highest BCUT2D eigenvalue weighted by molar-refractivity contribution is 5.87. The summed E-state index contributed by atoms with van der Waals surface area (Å²) in [5, 5.41) is 15.9. The summed E-state index contributed by atoms with van der Waals surface area (Å²) in [5.41, 5.74) is 0.695. The average Bonchev–Trinajstić information content (AvgIpc) is 3.26. The van der Waals surface area contributed by atoms with E-state index in [2.05, 4.69) is 55.5 Å². The number of nitrogens with one attached hydrogen (secondary N) is 1. The Morgan fingerprint density at radius 2 is 1.74 bits per heavy atom. The first-order valence-electron chi connectivity index (χ1n) is 12.9. The average molecular weight is 483 g/mol. The van der Waals surface area contributed by atoms with Gasteiger partial charge in [0, 0.05) is 19.5 Å². The number of rotatable bonds is 9. The summed E-state index contributed by atoms with van der Waals surface area (Å²) in [6.45, 7) is 12.6. The SMILES string of the molecule is CC(=O)N(CCc1ccccc1)C(C(=O)NC1CCCCC1)c1nnnn1C(C)(C)CC(C)(C)C. The number of nitrogens with zero attached hydrogens (tertiary/aromatic N) is 5. The molecule has 1 saturated carbocycles. The van der Waals surface area contributed by atoms with Gasteiger partial charge in [-0.25, -0.2) is 4.68 Å². The predicted molar refractivity (Wildman–Crippen MR) is 137 cm³/mol. The zero-order valence-corrected chi connectivity index (χ0v) is 22.3. The maximum absolute atomic E-state index is 13.8. The van der Waals surface area contributed by atoms with E-state index in [0.29, 0.717) is 18.8 Å². The highest BCUT2D eigenvalue weighted by atomic mass is 16.2. The van der Waals surface area contributed by atoms with Crippen molar-refractivity contribution in [2.45, 2.75) is 104 Å². The van der Waals surface area contributed by atoms with Gasteiger partial charge < -0.3 is 10.2 Å². The molecule has 0 radical (unpaired) electrons. The van der Waals surface area contributed by atoms with Gasteiger partial charge in [-0.3, -0.25) is 9.59 Å². The van der Waals surface area contributed by atoms with Crippen LogP contribution in [0.2, 0.25) is 0 Å². The molecule has 35 heavy (non-hydrogen) atoms. The number of hydrogen-bond acceptors (Lipinski definition) is 5. The fourth-order valence-corrected chi connectivity index (χ4v) is 5.46. The third kappa shape index (κ3) is 7.36. The largest absolute Gasteiger partial charge is 0.351 e. The molecule has 1 unspecified atom stereocenters. The first-order valence-corrected chi connectivity index (χ1v) is 12.9. The summed E-state index contributed by atoms with van der Waals surface area (Å²) < 4.78 is 1.75. The topological polar surface area (TPSA) is 93.0 Å². The molecule has 1 aromatic carbocycles. The van der Waals surface area contributed by atoms with Crippen molar-refractivity contribution in [1.82, 2.24) is 30.4 Å².